The lowest BCUT2D eigenvalue weighted by atomic mass is 10.2. The molecule has 1 rings (SSSR count). The average molecular weight is 350 g/mol. The van der Waals surface area contributed by atoms with Crippen molar-refractivity contribution in [2.75, 3.05) is 23.4 Å². The summed E-state index contributed by atoms with van der Waals surface area (Å²) < 4.78 is 1.17. The largest absolute Gasteiger partial charge is 0.330 e. The Kier molecular flexibility index (Phi) is 6.15. The van der Waals surface area contributed by atoms with Crippen LogP contribution >= 0.6 is 34.4 Å². The summed E-state index contributed by atoms with van der Waals surface area (Å²) in [5.74, 6) is 1.31. The molecular weight excluding hydrogens is 335 g/mol. The quantitative estimate of drug-likeness (QED) is 0.633. The number of amides is 1. The second kappa shape index (κ2) is 7.13. The molecule has 0 radical (unpaired) electrons. The fourth-order valence-corrected chi connectivity index (χ4v) is 2.42. The van der Waals surface area contributed by atoms with E-state index in [-0.39, 0.29) is 5.91 Å². The molecule has 0 saturated heterocycles. The summed E-state index contributed by atoms with van der Waals surface area (Å²) in [6.45, 7) is 2.60. The minimum absolute atomic E-state index is 0.0303. The maximum atomic E-state index is 11.5. The monoisotopic (exact) mass is 350 g/mol. The average Bonchev–Trinajstić information content (AvgIpc) is 2.23. The topological polar surface area (TPSA) is 55.1 Å². The fourth-order valence-electron chi connectivity index (χ4n) is 1.20. The van der Waals surface area contributed by atoms with E-state index in [1.807, 2.05) is 25.1 Å². The number of hydrogen-bond donors (Lipinski definition) is 2. The number of carbonyl (C=O) groups is 1. The van der Waals surface area contributed by atoms with Crippen molar-refractivity contribution in [2.45, 2.75) is 6.92 Å². The van der Waals surface area contributed by atoms with Crippen LogP contribution in [0, 0.1) is 10.5 Å². The highest BCUT2D eigenvalue weighted by Crippen LogP contribution is 2.17. The summed E-state index contributed by atoms with van der Waals surface area (Å²) in [7, 11) is 0. The second-order valence-electron chi connectivity index (χ2n) is 3.35. The van der Waals surface area contributed by atoms with Gasteiger partial charge in [-0.1, -0.05) is 0 Å². The van der Waals surface area contributed by atoms with E-state index in [4.69, 9.17) is 5.73 Å². The molecule has 0 saturated carbocycles. The van der Waals surface area contributed by atoms with Gasteiger partial charge in [-0.15, -0.1) is 0 Å². The van der Waals surface area contributed by atoms with E-state index in [0.717, 1.165) is 17.0 Å². The molecule has 3 nitrogen and oxygen atoms in total. The van der Waals surface area contributed by atoms with Gasteiger partial charge in [0.1, 0.15) is 0 Å². The maximum Gasteiger partial charge on any atom is 0.234 e. The molecule has 16 heavy (non-hydrogen) atoms. The Hall–Kier alpha value is -0.270. The fraction of sp³-hybridized carbons (Fsp3) is 0.364. The number of benzene rings is 1. The van der Waals surface area contributed by atoms with Crippen molar-refractivity contribution in [3.05, 3.63) is 27.3 Å². The van der Waals surface area contributed by atoms with Crippen molar-refractivity contribution in [3.63, 3.8) is 0 Å². The summed E-state index contributed by atoms with van der Waals surface area (Å²) in [6, 6.07) is 5.96. The highest BCUT2D eigenvalue weighted by Gasteiger charge is 2.04. The molecule has 0 spiro atoms. The van der Waals surface area contributed by atoms with Gasteiger partial charge in [-0.05, 0) is 53.3 Å². The van der Waals surface area contributed by atoms with Gasteiger partial charge < -0.3 is 11.1 Å². The van der Waals surface area contributed by atoms with Crippen molar-refractivity contribution >= 4 is 45.9 Å². The molecule has 0 aliphatic rings. The van der Waals surface area contributed by atoms with E-state index in [9.17, 15) is 4.79 Å². The van der Waals surface area contributed by atoms with Crippen molar-refractivity contribution in [3.8, 4) is 0 Å². The van der Waals surface area contributed by atoms with Crippen LogP contribution in [0.1, 0.15) is 5.56 Å². The first kappa shape index (κ1) is 13.8. The molecule has 1 aromatic carbocycles. The van der Waals surface area contributed by atoms with Crippen LogP contribution in [-0.2, 0) is 4.79 Å². The maximum absolute atomic E-state index is 11.5. The van der Waals surface area contributed by atoms with Crippen LogP contribution in [-0.4, -0.2) is 24.0 Å². The molecule has 0 unspecified atom stereocenters. The van der Waals surface area contributed by atoms with Crippen LogP contribution < -0.4 is 11.1 Å². The molecule has 0 aliphatic heterocycles. The SMILES string of the molecule is Cc1cc(I)ccc1NC(=O)CSCCN. The molecule has 3 N–H and O–H groups in total. The van der Waals surface area contributed by atoms with E-state index in [1.54, 1.807) is 11.8 Å². The Balaban J connectivity index is 2.49. The Morgan fingerprint density at radius 3 is 2.94 bits per heavy atom. The van der Waals surface area contributed by atoms with Gasteiger partial charge in [0.2, 0.25) is 5.91 Å². The number of halogens is 1. The van der Waals surface area contributed by atoms with Gasteiger partial charge >= 0.3 is 0 Å². The lowest BCUT2D eigenvalue weighted by Crippen LogP contribution is -2.16. The second-order valence-corrected chi connectivity index (χ2v) is 5.70. The molecule has 0 fully saturated rings. The third-order valence-corrected chi connectivity index (χ3v) is 3.62. The van der Waals surface area contributed by atoms with Crippen LogP contribution in [0.15, 0.2) is 18.2 Å². The summed E-state index contributed by atoms with van der Waals surface area (Å²) in [6.07, 6.45) is 0. The van der Waals surface area contributed by atoms with Crippen LogP contribution in [0.4, 0.5) is 5.69 Å². The normalized spacial score (nSPS) is 10.2. The minimum atomic E-state index is 0.0303. The zero-order valence-electron chi connectivity index (χ0n) is 9.13. The smallest absolute Gasteiger partial charge is 0.234 e. The van der Waals surface area contributed by atoms with Crippen LogP contribution in [0.3, 0.4) is 0 Å². The summed E-state index contributed by atoms with van der Waals surface area (Å²) >= 11 is 3.80. The summed E-state index contributed by atoms with van der Waals surface area (Å²) in [5.41, 5.74) is 7.33. The Morgan fingerprint density at radius 2 is 2.31 bits per heavy atom. The third-order valence-electron chi connectivity index (χ3n) is 1.96. The molecule has 0 atom stereocenters. The standard InChI is InChI=1S/C11H15IN2OS/c1-8-6-9(12)2-3-10(8)14-11(15)7-16-5-4-13/h2-3,6H,4-5,7,13H2,1H3,(H,14,15). The zero-order valence-corrected chi connectivity index (χ0v) is 12.1. The predicted molar refractivity (Wildman–Crippen MR) is 78.9 cm³/mol. The first-order chi connectivity index (χ1) is 7.63. The number of rotatable bonds is 5. The number of anilines is 1. The minimum Gasteiger partial charge on any atom is -0.330 e. The van der Waals surface area contributed by atoms with Crippen LogP contribution in [0.5, 0.6) is 0 Å². The zero-order chi connectivity index (χ0) is 12.0. The third kappa shape index (κ3) is 4.71. The Bertz CT molecular complexity index is 371. The number of thioether (sulfide) groups is 1. The molecule has 1 amide bonds. The van der Waals surface area contributed by atoms with Crippen molar-refractivity contribution in [1.29, 1.82) is 0 Å². The first-order valence-electron chi connectivity index (χ1n) is 4.97. The molecule has 0 aromatic heterocycles. The van der Waals surface area contributed by atoms with E-state index >= 15 is 0 Å². The van der Waals surface area contributed by atoms with Crippen LogP contribution in [0.25, 0.3) is 0 Å². The summed E-state index contributed by atoms with van der Waals surface area (Å²) in [5, 5.41) is 2.89. The van der Waals surface area contributed by atoms with Crippen molar-refractivity contribution in [1.82, 2.24) is 0 Å². The van der Waals surface area contributed by atoms with E-state index in [0.29, 0.717) is 12.3 Å². The number of nitrogens with one attached hydrogen (secondary N) is 1. The molecule has 5 heteroatoms. The molecule has 1 aromatic rings. The van der Waals surface area contributed by atoms with Gasteiger partial charge in [-0.2, -0.15) is 11.8 Å². The van der Waals surface area contributed by atoms with Crippen molar-refractivity contribution < 1.29 is 4.79 Å². The number of hydrogen-bond acceptors (Lipinski definition) is 3. The van der Waals surface area contributed by atoms with E-state index in [1.165, 1.54) is 3.57 Å². The number of carbonyl (C=O) groups excluding carboxylic acids is 1. The predicted octanol–water partition coefficient (Wildman–Crippen LogP) is 2.23. The van der Waals surface area contributed by atoms with Crippen LogP contribution in [0.2, 0.25) is 0 Å². The molecule has 0 heterocycles. The van der Waals surface area contributed by atoms with Gasteiger partial charge in [0.15, 0.2) is 0 Å². The lowest BCUT2D eigenvalue weighted by Gasteiger charge is -2.08. The van der Waals surface area contributed by atoms with Gasteiger partial charge in [0.05, 0.1) is 5.75 Å². The van der Waals surface area contributed by atoms with Gasteiger partial charge in [-0.3, -0.25) is 4.79 Å². The lowest BCUT2D eigenvalue weighted by molar-refractivity contribution is -0.113. The van der Waals surface area contributed by atoms with Gasteiger partial charge in [0.25, 0.3) is 0 Å². The highest BCUT2D eigenvalue weighted by atomic mass is 127. The number of nitrogens with two attached hydrogens (primary N) is 1. The van der Waals surface area contributed by atoms with Gasteiger partial charge in [-0.25, -0.2) is 0 Å². The van der Waals surface area contributed by atoms with E-state index in [2.05, 4.69) is 27.9 Å². The molecule has 88 valence electrons. The van der Waals surface area contributed by atoms with E-state index < -0.39 is 0 Å². The van der Waals surface area contributed by atoms with Gasteiger partial charge in [0, 0.05) is 21.6 Å². The summed E-state index contributed by atoms with van der Waals surface area (Å²) in [4.78, 5) is 11.5. The highest BCUT2D eigenvalue weighted by molar-refractivity contribution is 14.1. The molecule has 0 aliphatic carbocycles. The molecule has 0 bridgehead atoms. The molecular formula is C11H15IN2OS. The first-order valence-corrected chi connectivity index (χ1v) is 7.20. The number of aryl methyl sites for hydroxylation is 1. The van der Waals surface area contributed by atoms with Crippen molar-refractivity contribution in [2.24, 2.45) is 5.73 Å². The Morgan fingerprint density at radius 1 is 1.56 bits per heavy atom. The Labute approximate surface area is 114 Å².